The zero-order chi connectivity index (χ0) is 17.5. The summed E-state index contributed by atoms with van der Waals surface area (Å²) in [5.41, 5.74) is 0.435. The highest BCUT2D eigenvalue weighted by Crippen LogP contribution is 2.25. The maximum atomic E-state index is 12.8. The molecule has 0 atom stereocenters. The van der Waals surface area contributed by atoms with Gasteiger partial charge in [0, 0.05) is 12.6 Å². The minimum absolute atomic E-state index is 0.238. The van der Waals surface area contributed by atoms with E-state index >= 15 is 0 Å². The van der Waals surface area contributed by atoms with Crippen LogP contribution in [0.4, 0.5) is 17.3 Å². The van der Waals surface area contributed by atoms with Crippen LogP contribution in [0.15, 0.2) is 23.3 Å². The Hall–Kier alpha value is -2.90. The van der Waals surface area contributed by atoms with Crippen LogP contribution in [0.3, 0.4) is 0 Å². The third-order valence-corrected chi connectivity index (χ3v) is 3.87. The van der Waals surface area contributed by atoms with Crippen LogP contribution in [-0.4, -0.2) is 27.0 Å². The lowest BCUT2D eigenvalue weighted by Gasteiger charge is -2.22. The molecule has 0 saturated carbocycles. The quantitative estimate of drug-likeness (QED) is 0.787. The molecule has 3 rings (SSSR count). The third-order valence-electron chi connectivity index (χ3n) is 3.87. The number of anilines is 3. The van der Waals surface area contributed by atoms with Gasteiger partial charge in [-0.05, 0) is 39.3 Å². The molecular weight excluding hydrogens is 308 g/mol. The summed E-state index contributed by atoms with van der Waals surface area (Å²) in [6, 6.07) is 3.40. The lowest BCUT2D eigenvalue weighted by Crippen LogP contribution is -2.42. The summed E-state index contributed by atoms with van der Waals surface area (Å²) < 4.78 is 1.49. The highest BCUT2D eigenvalue weighted by Gasteiger charge is 2.37. The molecule has 3 N–H and O–H groups in total. The van der Waals surface area contributed by atoms with E-state index in [0.717, 1.165) is 12.1 Å². The molecule has 0 aromatic carbocycles. The Bertz CT molecular complexity index is 871. The largest absolute Gasteiger partial charge is 0.370 e. The first kappa shape index (κ1) is 16.0. The maximum absolute atomic E-state index is 12.8. The molecule has 1 aliphatic rings. The van der Waals surface area contributed by atoms with Crippen LogP contribution in [0.2, 0.25) is 0 Å². The average molecular weight is 328 g/mol. The number of nitrogens with one attached hydrogen (secondary N) is 3. The number of carbonyl (C=O) groups is 1. The van der Waals surface area contributed by atoms with E-state index in [1.807, 2.05) is 13.8 Å². The minimum Gasteiger partial charge on any atom is -0.370 e. The molecule has 8 nitrogen and oxygen atoms in total. The van der Waals surface area contributed by atoms with E-state index in [1.165, 1.54) is 10.9 Å². The molecule has 126 valence electrons. The van der Waals surface area contributed by atoms with Crippen molar-refractivity contribution in [3.05, 3.63) is 40.1 Å². The van der Waals surface area contributed by atoms with Gasteiger partial charge in [0.05, 0.1) is 0 Å². The van der Waals surface area contributed by atoms with Crippen LogP contribution in [0.25, 0.3) is 0 Å². The van der Waals surface area contributed by atoms with E-state index in [9.17, 15) is 9.59 Å². The predicted molar refractivity (Wildman–Crippen MR) is 91.7 cm³/mol. The molecule has 0 unspecified atom stereocenters. The molecule has 2 aromatic rings. The first-order valence-corrected chi connectivity index (χ1v) is 7.76. The van der Waals surface area contributed by atoms with Gasteiger partial charge in [0.15, 0.2) is 0 Å². The van der Waals surface area contributed by atoms with Gasteiger partial charge in [0.25, 0.3) is 11.5 Å². The van der Waals surface area contributed by atoms with E-state index in [0.29, 0.717) is 23.0 Å². The molecule has 24 heavy (non-hydrogen) atoms. The number of aryl methyl sites for hydroxylation is 1. The van der Waals surface area contributed by atoms with Gasteiger partial charge in [-0.25, -0.2) is 9.97 Å². The predicted octanol–water partition coefficient (Wildman–Crippen LogP) is 1.56. The molecule has 0 fully saturated rings. The van der Waals surface area contributed by atoms with E-state index in [1.54, 1.807) is 26.0 Å². The highest BCUT2D eigenvalue weighted by molar-refractivity contribution is 5.96. The van der Waals surface area contributed by atoms with Crippen LogP contribution in [0.1, 0.15) is 36.8 Å². The summed E-state index contributed by atoms with van der Waals surface area (Å²) in [4.78, 5) is 33.2. The van der Waals surface area contributed by atoms with E-state index in [4.69, 9.17) is 0 Å². The summed E-state index contributed by atoms with van der Waals surface area (Å²) in [5.74, 6) is 0.941. The normalized spacial score (nSPS) is 14.9. The topological polar surface area (TPSA) is 101 Å². The molecule has 0 saturated heterocycles. The summed E-state index contributed by atoms with van der Waals surface area (Å²) in [6.45, 7) is 8.10. The molecule has 0 aliphatic carbocycles. The second-order valence-corrected chi connectivity index (χ2v) is 6.19. The van der Waals surface area contributed by atoms with E-state index in [-0.39, 0.29) is 11.5 Å². The van der Waals surface area contributed by atoms with Gasteiger partial charge in [-0.1, -0.05) is 0 Å². The van der Waals surface area contributed by atoms with Crippen molar-refractivity contribution in [2.75, 3.05) is 17.2 Å². The van der Waals surface area contributed by atoms with Crippen molar-refractivity contribution in [2.45, 2.75) is 33.4 Å². The van der Waals surface area contributed by atoms with Crippen molar-refractivity contribution in [3.8, 4) is 0 Å². The van der Waals surface area contributed by atoms with Gasteiger partial charge in [-0.15, -0.1) is 0 Å². The van der Waals surface area contributed by atoms with Gasteiger partial charge < -0.3 is 16.0 Å². The summed E-state index contributed by atoms with van der Waals surface area (Å²) >= 11 is 0. The van der Waals surface area contributed by atoms with Crippen LogP contribution in [-0.2, 0) is 5.66 Å². The van der Waals surface area contributed by atoms with E-state index in [2.05, 4.69) is 25.9 Å². The molecule has 0 radical (unpaired) electrons. The summed E-state index contributed by atoms with van der Waals surface area (Å²) in [7, 11) is 0. The fraction of sp³-hybridized carbons (Fsp3) is 0.375. The van der Waals surface area contributed by atoms with Crippen LogP contribution in [0.5, 0.6) is 0 Å². The lowest BCUT2D eigenvalue weighted by atomic mass is 10.1. The van der Waals surface area contributed by atoms with Crippen molar-refractivity contribution in [3.63, 3.8) is 0 Å². The first-order valence-electron chi connectivity index (χ1n) is 7.76. The molecule has 3 heterocycles. The van der Waals surface area contributed by atoms with Crippen molar-refractivity contribution < 1.29 is 4.79 Å². The highest BCUT2D eigenvalue weighted by atomic mass is 16.2. The number of fused-ring (bicyclic) bond motifs is 1. The standard InChI is InChI=1S/C16H20N6O2/c1-5-17-11-7-12(19-8-18-11)20-10-6-9(2)13-14(23)21-16(3,4)22(13)15(10)24/h6-8H,5H2,1-4H3,(H,21,23)(H2,17,18,19,20). The van der Waals surface area contributed by atoms with Crippen LogP contribution < -0.4 is 21.5 Å². The smallest absolute Gasteiger partial charge is 0.276 e. The number of aromatic nitrogens is 3. The Morgan fingerprint density at radius 2 is 1.92 bits per heavy atom. The number of nitrogens with zero attached hydrogens (tertiary/aromatic N) is 3. The zero-order valence-electron chi connectivity index (χ0n) is 14.1. The first-order chi connectivity index (χ1) is 11.3. The van der Waals surface area contributed by atoms with Gasteiger partial charge >= 0.3 is 0 Å². The number of carbonyl (C=O) groups excluding carboxylic acids is 1. The van der Waals surface area contributed by atoms with Gasteiger partial charge in [0.1, 0.15) is 35.0 Å². The molecule has 2 aromatic heterocycles. The van der Waals surface area contributed by atoms with Gasteiger partial charge in [0.2, 0.25) is 0 Å². The number of hydrogen-bond donors (Lipinski definition) is 3. The van der Waals surface area contributed by atoms with E-state index < -0.39 is 5.66 Å². The van der Waals surface area contributed by atoms with Crippen molar-refractivity contribution >= 4 is 23.2 Å². The number of hydrogen-bond acceptors (Lipinski definition) is 6. The van der Waals surface area contributed by atoms with Gasteiger partial charge in [-0.2, -0.15) is 0 Å². The molecule has 1 amide bonds. The SMILES string of the molecule is CCNc1cc(Nc2cc(C)c3n(c2=O)C(C)(C)NC3=O)ncn1. The monoisotopic (exact) mass is 328 g/mol. The Balaban J connectivity index is 2.05. The second kappa shape index (κ2) is 5.63. The number of pyridine rings is 1. The molecule has 0 spiro atoms. The van der Waals surface area contributed by atoms with Crippen molar-refractivity contribution in [1.82, 2.24) is 19.9 Å². The van der Waals surface area contributed by atoms with Crippen molar-refractivity contribution in [1.29, 1.82) is 0 Å². The average Bonchev–Trinajstić information content (AvgIpc) is 2.75. The lowest BCUT2D eigenvalue weighted by molar-refractivity contribution is 0.0934. The Morgan fingerprint density at radius 3 is 2.62 bits per heavy atom. The molecular formula is C16H20N6O2. The maximum Gasteiger partial charge on any atom is 0.276 e. The van der Waals surface area contributed by atoms with Crippen LogP contribution in [0, 0.1) is 6.92 Å². The molecule has 1 aliphatic heterocycles. The van der Waals surface area contributed by atoms with Crippen molar-refractivity contribution in [2.24, 2.45) is 0 Å². The zero-order valence-corrected chi connectivity index (χ0v) is 14.1. The second-order valence-electron chi connectivity index (χ2n) is 6.19. The Labute approximate surface area is 139 Å². The molecule has 8 heteroatoms. The van der Waals surface area contributed by atoms with Crippen LogP contribution >= 0.6 is 0 Å². The Morgan fingerprint density at radius 1 is 1.21 bits per heavy atom. The molecule has 0 bridgehead atoms. The fourth-order valence-corrected chi connectivity index (χ4v) is 2.88. The minimum atomic E-state index is -0.771. The number of rotatable bonds is 4. The summed E-state index contributed by atoms with van der Waals surface area (Å²) in [5, 5.41) is 8.94. The fourth-order valence-electron chi connectivity index (χ4n) is 2.88. The Kier molecular flexibility index (Phi) is 3.75. The third kappa shape index (κ3) is 2.60. The van der Waals surface area contributed by atoms with Gasteiger partial charge in [-0.3, -0.25) is 14.2 Å². The summed E-state index contributed by atoms with van der Waals surface area (Å²) in [6.07, 6.45) is 1.42. The number of amides is 1.